The number of nitro benzene ring substituents is 1. The Balaban J connectivity index is 2.36. The summed E-state index contributed by atoms with van der Waals surface area (Å²) in [7, 11) is 0. The molecule has 0 aliphatic rings. The summed E-state index contributed by atoms with van der Waals surface area (Å²) in [5.74, 6) is -1.48. The molecule has 20 heavy (non-hydrogen) atoms. The molecule has 0 saturated heterocycles. The summed E-state index contributed by atoms with van der Waals surface area (Å²) < 4.78 is 13.9. The lowest BCUT2D eigenvalue weighted by molar-refractivity contribution is -0.385. The number of hydrogen-bond donors (Lipinski definition) is 1. The Labute approximate surface area is 114 Å². The number of non-ortho nitro benzene ring substituents is 1. The lowest BCUT2D eigenvalue weighted by atomic mass is 10.1. The zero-order valence-electron chi connectivity index (χ0n) is 10.6. The number of hydrogen-bond acceptors (Lipinski definition) is 3. The van der Waals surface area contributed by atoms with Crippen molar-refractivity contribution >= 4 is 17.3 Å². The van der Waals surface area contributed by atoms with E-state index >= 15 is 0 Å². The normalized spacial score (nSPS) is 10.1. The van der Waals surface area contributed by atoms with Crippen LogP contribution in [0.1, 0.15) is 15.9 Å². The Hall–Kier alpha value is -2.76. The van der Waals surface area contributed by atoms with Gasteiger partial charge in [0.1, 0.15) is 5.82 Å². The van der Waals surface area contributed by atoms with Gasteiger partial charge in [0, 0.05) is 17.8 Å². The molecule has 2 aromatic rings. The van der Waals surface area contributed by atoms with Crippen molar-refractivity contribution in [1.29, 1.82) is 0 Å². The topological polar surface area (TPSA) is 72.2 Å². The lowest BCUT2D eigenvalue weighted by Crippen LogP contribution is -2.14. The van der Waals surface area contributed by atoms with Gasteiger partial charge >= 0.3 is 0 Å². The molecule has 0 heterocycles. The molecule has 0 aromatic heterocycles. The summed E-state index contributed by atoms with van der Waals surface area (Å²) in [4.78, 5) is 22.1. The third-order valence-electron chi connectivity index (χ3n) is 2.73. The fourth-order valence-corrected chi connectivity index (χ4v) is 1.74. The van der Waals surface area contributed by atoms with Crippen LogP contribution in [0.5, 0.6) is 0 Å². The van der Waals surface area contributed by atoms with Crippen LogP contribution in [0.25, 0.3) is 0 Å². The van der Waals surface area contributed by atoms with Crippen molar-refractivity contribution in [1.82, 2.24) is 0 Å². The molecule has 1 amide bonds. The largest absolute Gasteiger partial charge is 0.322 e. The second kappa shape index (κ2) is 5.48. The maximum Gasteiger partial charge on any atom is 0.270 e. The molecular formula is C14H11FN2O3. The van der Waals surface area contributed by atoms with Gasteiger partial charge in [0.05, 0.1) is 10.5 Å². The van der Waals surface area contributed by atoms with E-state index in [-0.39, 0.29) is 16.8 Å². The molecule has 0 atom stereocenters. The quantitative estimate of drug-likeness (QED) is 0.689. The molecule has 0 fully saturated rings. The highest BCUT2D eigenvalue weighted by atomic mass is 19.1. The minimum absolute atomic E-state index is 0.0532. The van der Waals surface area contributed by atoms with Crippen LogP contribution in [0.15, 0.2) is 42.5 Å². The second-order valence-electron chi connectivity index (χ2n) is 4.20. The van der Waals surface area contributed by atoms with E-state index in [9.17, 15) is 19.3 Å². The predicted molar refractivity (Wildman–Crippen MR) is 72.2 cm³/mol. The van der Waals surface area contributed by atoms with Gasteiger partial charge in [-0.15, -0.1) is 0 Å². The van der Waals surface area contributed by atoms with Crippen molar-refractivity contribution in [3.63, 3.8) is 0 Å². The van der Waals surface area contributed by atoms with Gasteiger partial charge in [0.25, 0.3) is 11.6 Å². The molecule has 6 heteroatoms. The molecule has 0 aliphatic heterocycles. The number of aryl methyl sites for hydroxylation is 1. The van der Waals surface area contributed by atoms with Gasteiger partial charge < -0.3 is 5.32 Å². The Kier molecular flexibility index (Phi) is 3.74. The molecule has 5 nitrogen and oxygen atoms in total. The fourth-order valence-electron chi connectivity index (χ4n) is 1.74. The van der Waals surface area contributed by atoms with Gasteiger partial charge in [-0.05, 0) is 24.6 Å². The Morgan fingerprint density at radius 3 is 2.50 bits per heavy atom. The molecule has 0 saturated carbocycles. The van der Waals surface area contributed by atoms with Gasteiger partial charge in [0.15, 0.2) is 0 Å². The molecule has 2 aromatic carbocycles. The van der Waals surface area contributed by atoms with Crippen LogP contribution in [0.2, 0.25) is 0 Å². The highest BCUT2D eigenvalue weighted by Gasteiger charge is 2.19. The number of rotatable bonds is 3. The van der Waals surface area contributed by atoms with E-state index in [0.29, 0.717) is 5.69 Å². The van der Waals surface area contributed by atoms with E-state index in [0.717, 1.165) is 12.1 Å². The molecular weight excluding hydrogens is 263 g/mol. The summed E-state index contributed by atoms with van der Waals surface area (Å²) >= 11 is 0. The lowest BCUT2D eigenvalue weighted by Gasteiger charge is -2.07. The standard InChI is InChI=1S/C14H11FN2O3/c1-9-7-11(17(19)20)8-12(13(9)15)14(18)16-10-5-3-2-4-6-10/h2-8H,1H3,(H,16,18). The Morgan fingerprint density at radius 1 is 1.25 bits per heavy atom. The summed E-state index contributed by atoms with van der Waals surface area (Å²) in [5.41, 5.74) is -0.124. The average Bonchev–Trinajstić information content (AvgIpc) is 2.42. The summed E-state index contributed by atoms with van der Waals surface area (Å²) in [6.45, 7) is 1.38. The minimum atomic E-state index is -0.760. The van der Waals surface area contributed by atoms with Crippen LogP contribution < -0.4 is 5.32 Å². The van der Waals surface area contributed by atoms with Crippen LogP contribution in [-0.2, 0) is 0 Å². The smallest absolute Gasteiger partial charge is 0.270 e. The zero-order valence-corrected chi connectivity index (χ0v) is 10.6. The molecule has 0 unspecified atom stereocenters. The van der Waals surface area contributed by atoms with Gasteiger partial charge in [-0.2, -0.15) is 0 Å². The van der Waals surface area contributed by atoms with E-state index in [1.54, 1.807) is 30.3 Å². The van der Waals surface area contributed by atoms with Gasteiger partial charge in [0.2, 0.25) is 0 Å². The number of para-hydroxylation sites is 1. The first-order chi connectivity index (χ1) is 9.49. The Morgan fingerprint density at radius 2 is 1.90 bits per heavy atom. The van der Waals surface area contributed by atoms with Crippen molar-refractivity contribution in [2.45, 2.75) is 6.92 Å². The number of carbonyl (C=O) groups is 1. The van der Waals surface area contributed by atoms with Crippen molar-refractivity contribution in [3.05, 3.63) is 69.5 Å². The van der Waals surface area contributed by atoms with Gasteiger partial charge in [-0.3, -0.25) is 14.9 Å². The average molecular weight is 274 g/mol. The number of anilines is 1. The third-order valence-corrected chi connectivity index (χ3v) is 2.73. The van der Waals surface area contributed by atoms with Crippen molar-refractivity contribution in [2.75, 3.05) is 5.32 Å². The number of nitrogens with one attached hydrogen (secondary N) is 1. The second-order valence-corrected chi connectivity index (χ2v) is 4.20. The summed E-state index contributed by atoms with van der Waals surface area (Å²) in [6.07, 6.45) is 0. The molecule has 1 N–H and O–H groups in total. The van der Waals surface area contributed by atoms with E-state index in [1.807, 2.05) is 0 Å². The van der Waals surface area contributed by atoms with Crippen LogP contribution in [-0.4, -0.2) is 10.8 Å². The van der Waals surface area contributed by atoms with Crippen LogP contribution in [0.4, 0.5) is 15.8 Å². The monoisotopic (exact) mass is 274 g/mol. The number of benzene rings is 2. The number of nitro groups is 1. The summed E-state index contributed by atoms with van der Waals surface area (Å²) in [5, 5.41) is 13.2. The third kappa shape index (κ3) is 2.80. The molecule has 0 spiro atoms. The predicted octanol–water partition coefficient (Wildman–Crippen LogP) is 3.29. The zero-order chi connectivity index (χ0) is 14.7. The van der Waals surface area contributed by atoms with Gasteiger partial charge in [-0.25, -0.2) is 4.39 Å². The fraction of sp³-hybridized carbons (Fsp3) is 0.0714. The number of halogens is 1. The summed E-state index contributed by atoms with van der Waals surface area (Å²) in [6, 6.07) is 10.5. The highest BCUT2D eigenvalue weighted by molar-refractivity contribution is 6.05. The maximum absolute atomic E-state index is 13.9. The molecule has 0 bridgehead atoms. The van der Waals surface area contributed by atoms with Crippen molar-refractivity contribution in [2.24, 2.45) is 0 Å². The molecule has 2 rings (SSSR count). The number of carbonyl (C=O) groups excluding carboxylic acids is 1. The van der Waals surface area contributed by atoms with E-state index < -0.39 is 16.6 Å². The number of nitrogens with zero attached hydrogens (tertiary/aromatic N) is 1. The van der Waals surface area contributed by atoms with Gasteiger partial charge in [-0.1, -0.05) is 18.2 Å². The Bertz CT molecular complexity index is 672. The van der Waals surface area contributed by atoms with E-state index in [2.05, 4.69) is 5.32 Å². The van der Waals surface area contributed by atoms with E-state index in [1.165, 1.54) is 6.92 Å². The highest BCUT2D eigenvalue weighted by Crippen LogP contribution is 2.22. The number of amides is 1. The van der Waals surface area contributed by atoms with Crippen LogP contribution in [0, 0.1) is 22.9 Å². The van der Waals surface area contributed by atoms with Crippen LogP contribution in [0.3, 0.4) is 0 Å². The van der Waals surface area contributed by atoms with E-state index in [4.69, 9.17) is 0 Å². The molecule has 0 radical (unpaired) electrons. The van der Waals surface area contributed by atoms with Crippen LogP contribution >= 0.6 is 0 Å². The first kappa shape index (κ1) is 13.7. The first-order valence-electron chi connectivity index (χ1n) is 5.80. The first-order valence-corrected chi connectivity index (χ1v) is 5.80. The van der Waals surface area contributed by atoms with Crippen molar-refractivity contribution < 1.29 is 14.1 Å². The minimum Gasteiger partial charge on any atom is -0.322 e. The van der Waals surface area contributed by atoms with Crippen molar-refractivity contribution in [3.8, 4) is 0 Å². The molecule has 0 aliphatic carbocycles. The SMILES string of the molecule is Cc1cc([N+](=O)[O-])cc(C(=O)Nc2ccccc2)c1F. The molecule has 102 valence electrons. The maximum atomic E-state index is 13.9.